The van der Waals surface area contributed by atoms with Gasteiger partial charge in [0.1, 0.15) is 0 Å². The number of nitrogens with zero attached hydrogens (tertiary/aromatic N) is 1. The minimum absolute atomic E-state index is 0.0460. The lowest BCUT2D eigenvalue weighted by Crippen LogP contribution is -2.41. The molecule has 0 aromatic heterocycles. The van der Waals surface area contributed by atoms with Crippen molar-refractivity contribution in [1.82, 2.24) is 4.90 Å². The Morgan fingerprint density at radius 3 is 2.81 bits per heavy atom. The molecule has 4 heteroatoms. The molecule has 1 aromatic carbocycles. The Kier molecular flexibility index (Phi) is 5.76. The average Bonchev–Trinajstić information content (AvgIpc) is 2.99. The second-order valence-electron chi connectivity index (χ2n) is 6.16. The zero-order chi connectivity index (χ0) is 15.2. The lowest BCUT2D eigenvalue weighted by molar-refractivity contribution is -0.120. The van der Waals surface area contributed by atoms with E-state index in [9.17, 15) is 4.79 Å². The fraction of sp³-hybridized carbons (Fsp3) is 0.588. The highest BCUT2D eigenvalue weighted by Crippen LogP contribution is 2.25. The maximum atomic E-state index is 12.3. The molecular weight excluding hydrogens is 262 g/mol. The summed E-state index contributed by atoms with van der Waals surface area (Å²) in [7, 11) is 2.04. The van der Waals surface area contributed by atoms with E-state index in [0.717, 1.165) is 23.7 Å². The van der Waals surface area contributed by atoms with Crippen LogP contribution >= 0.6 is 0 Å². The molecule has 0 heterocycles. The number of amides is 1. The van der Waals surface area contributed by atoms with Gasteiger partial charge in [-0.05, 0) is 50.4 Å². The van der Waals surface area contributed by atoms with Crippen LogP contribution in [0.15, 0.2) is 24.3 Å². The maximum Gasteiger partial charge on any atom is 0.241 e. The number of carbonyl (C=O) groups excluding carboxylic acids is 1. The van der Waals surface area contributed by atoms with E-state index in [1.807, 2.05) is 38.2 Å². The second kappa shape index (κ2) is 7.57. The minimum Gasteiger partial charge on any atom is -0.326 e. The van der Waals surface area contributed by atoms with E-state index in [1.165, 1.54) is 25.7 Å². The number of nitrogens with one attached hydrogen (secondary N) is 1. The van der Waals surface area contributed by atoms with Crippen LogP contribution in [0.4, 0.5) is 5.69 Å². The Morgan fingerprint density at radius 2 is 2.14 bits per heavy atom. The predicted octanol–water partition coefficient (Wildman–Crippen LogP) is 2.59. The number of benzene rings is 1. The van der Waals surface area contributed by atoms with Gasteiger partial charge in [-0.2, -0.15) is 0 Å². The monoisotopic (exact) mass is 289 g/mol. The summed E-state index contributed by atoms with van der Waals surface area (Å²) >= 11 is 0. The van der Waals surface area contributed by atoms with Crippen LogP contribution in [0, 0.1) is 5.92 Å². The van der Waals surface area contributed by atoms with Crippen LogP contribution in [0.5, 0.6) is 0 Å². The van der Waals surface area contributed by atoms with Gasteiger partial charge in [0.15, 0.2) is 0 Å². The van der Waals surface area contributed by atoms with E-state index in [-0.39, 0.29) is 11.9 Å². The first kappa shape index (κ1) is 16.0. The van der Waals surface area contributed by atoms with E-state index < -0.39 is 0 Å². The summed E-state index contributed by atoms with van der Waals surface area (Å²) in [5, 5.41) is 2.99. The van der Waals surface area contributed by atoms with Crippen molar-refractivity contribution in [1.29, 1.82) is 0 Å². The van der Waals surface area contributed by atoms with Crippen LogP contribution in [-0.4, -0.2) is 30.4 Å². The molecule has 0 saturated heterocycles. The number of nitrogens with two attached hydrogens (primary N) is 1. The Labute approximate surface area is 127 Å². The van der Waals surface area contributed by atoms with Gasteiger partial charge in [-0.15, -0.1) is 0 Å². The zero-order valence-corrected chi connectivity index (χ0v) is 13.1. The summed E-state index contributed by atoms with van der Waals surface area (Å²) in [4.78, 5) is 14.5. The first-order valence-corrected chi connectivity index (χ1v) is 7.90. The molecule has 1 unspecified atom stereocenters. The quantitative estimate of drug-likeness (QED) is 0.846. The molecule has 1 amide bonds. The summed E-state index contributed by atoms with van der Waals surface area (Å²) < 4.78 is 0. The summed E-state index contributed by atoms with van der Waals surface area (Å²) in [5.74, 6) is 0.801. The number of anilines is 1. The molecule has 1 fully saturated rings. The fourth-order valence-corrected chi connectivity index (χ4v) is 2.98. The van der Waals surface area contributed by atoms with Gasteiger partial charge in [0.05, 0.1) is 6.04 Å². The number of carbonyl (C=O) groups is 1. The van der Waals surface area contributed by atoms with E-state index >= 15 is 0 Å². The lowest BCUT2D eigenvalue weighted by Gasteiger charge is -2.26. The fourth-order valence-electron chi connectivity index (χ4n) is 2.98. The van der Waals surface area contributed by atoms with Crippen LogP contribution in [-0.2, 0) is 11.3 Å². The van der Waals surface area contributed by atoms with Crippen molar-refractivity contribution in [2.45, 2.75) is 45.2 Å². The van der Waals surface area contributed by atoms with Gasteiger partial charge in [-0.25, -0.2) is 0 Å². The van der Waals surface area contributed by atoms with Crippen LogP contribution in [0.1, 0.15) is 38.2 Å². The molecule has 0 bridgehead atoms. The van der Waals surface area contributed by atoms with Crippen molar-refractivity contribution in [2.24, 2.45) is 11.7 Å². The summed E-state index contributed by atoms with van der Waals surface area (Å²) in [5.41, 5.74) is 7.48. The van der Waals surface area contributed by atoms with Crippen molar-refractivity contribution in [2.75, 3.05) is 18.9 Å². The van der Waals surface area contributed by atoms with Crippen molar-refractivity contribution in [3.63, 3.8) is 0 Å². The number of likely N-dealkylation sites (N-methyl/N-ethyl adjacent to an activating group) is 1. The maximum absolute atomic E-state index is 12.3. The molecule has 3 N–H and O–H groups in total. The van der Waals surface area contributed by atoms with Crippen LogP contribution in [0.3, 0.4) is 0 Å². The molecular formula is C17H27N3O. The molecule has 116 valence electrons. The van der Waals surface area contributed by atoms with E-state index in [0.29, 0.717) is 6.54 Å². The molecule has 0 radical (unpaired) electrons. The summed E-state index contributed by atoms with van der Waals surface area (Å²) in [6.45, 7) is 3.47. The highest BCUT2D eigenvalue weighted by Gasteiger charge is 2.23. The molecule has 1 atom stereocenters. The SMILES string of the molecule is CC(C(=O)Nc1cccc(CN)c1)N(C)CC1CCCC1. The van der Waals surface area contributed by atoms with Crippen LogP contribution in [0.2, 0.25) is 0 Å². The number of hydrogen-bond acceptors (Lipinski definition) is 3. The third kappa shape index (κ3) is 4.55. The van der Waals surface area contributed by atoms with Gasteiger partial charge in [0, 0.05) is 18.8 Å². The topological polar surface area (TPSA) is 58.4 Å². The summed E-state index contributed by atoms with van der Waals surface area (Å²) in [6.07, 6.45) is 5.28. The average molecular weight is 289 g/mol. The van der Waals surface area contributed by atoms with Gasteiger partial charge >= 0.3 is 0 Å². The third-order valence-corrected chi connectivity index (χ3v) is 4.49. The predicted molar refractivity (Wildman–Crippen MR) is 87.0 cm³/mol. The Morgan fingerprint density at radius 1 is 1.43 bits per heavy atom. The van der Waals surface area contributed by atoms with E-state index in [4.69, 9.17) is 5.73 Å². The molecule has 4 nitrogen and oxygen atoms in total. The first-order valence-electron chi connectivity index (χ1n) is 7.90. The number of rotatable bonds is 6. The van der Waals surface area contributed by atoms with E-state index in [2.05, 4.69) is 10.2 Å². The van der Waals surface area contributed by atoms with Crippen molar-refractivity contribution >= 4 is 11.6 Å². The molecule has 1 saturated carbocycles. The Hall–Kier alpha value is -1.39. The van der Waals surface area contributed by atoms with Gasteiger partial charge in [0.25, 0.3) is 0 Å². The smallest absolute Gasteiger partial charge is 0.241 e. The first-order chi connectivity index (χ1) is 10.1. The third-order valence-electron chi connectivity index (χ3n) is 4.49. The highest BCUT2D eigenvalue weighted by atomic mass is 16.2. The van der Waals surface area contributed by atoms with Crippen LogP contribution < -0.4 is 11.1 Å². The van der Waals surface area contributed by atoms with Gasteiger partial charge < -0.3 is 11.1 Å². The zero-order valence-electron chi connectivity index (χ0n) is 13.1. The normalized spacial score (nSPS) is 17.1. The molecule has 21 heavy (non-hydrogen) atoms. The van der Waals surface area contributed by atoms with Gasteiger partial charge in [-0.1, -0.05) is 25.0 Å². The molecule has 1 aliphatic carbocycles. The highest BCUT2D eigenvalue weighted by molar-refractivity contribution is 5.94. The molecule has 0 spiro atoms. The lowest BCUT2D eigenvalue weighted by atomic mass is 10.1. The van der Waals surface area contributed by atoms with Gasteiger partial charge in [-0.3, -0.25) is 9.69 Å². The largest absolute Gasteiger partial charge is 0.326 e. The van der Waals surface area contributed by atoms with Gasteiger partial charge in [0.2, 0.25) is 5.91 Å². The van der Waals surface area contributed by atoms with Crippen LogP contribution in [0.25, 0.3) is 0 Å². The molecule has 0 aliphatic heterocycles. The van der Waals surface area contributed by atoms with E-state index in [1.54, 1.807) is 0 Å². The summed E-state index contributed by atoms with van der Waals surface area (Å²) in [6, 6.07) is 7.60. The van der Waals surface area contributed by atoms with Crippen molar-refractivity contribution in [3.05, 3.63) is 29.8 Å². The molecule has 1 aliphatic rings. The standard InChI is InChI=1S/C17H27N3O/c1-13(20(2)12-14-6-3-4-7-14)17(21)19-16-9-5-8-15(10-16)11-18/h5,8-10,13-14H,3-4,6-7,11-12,18H2,1-2H3,(H,19,21). The second-order valence-corrected chi connectivity index (χ2v) is 6.16. The van der Waals surface area contributed by atoms with Crippen molar-refractivity contribution < 1.29 is 4.79 Å². The number of hydrogen-bond donors (Lipinski definition) is 2. The molecule has 1 aromatic rings. The Balaban J connectivity index is 1.88. The Bertz CT molecular complexity index is 469. The molecule has 2 rings (SSSR count). The minimum atomic E-state index is -0.118. The van der Waals surface area contributed by atoms with Crippen molar-refractivity contribution in [3.8, 4) is 0 Å².